The van der Waals surface area contributed by atoms with Crippen LogP contribution in [0, 0.1) is 17.3 Å². The van der Waals surface area contributed by atoms with Gasteiger partial charge in [0.2, 0.25) is 5.91 Å². The van der Waals surface area contributed by atoms with Gasteiger partial charge in [0.25, 0.3) is 5.91 Å². The van der Waals surface area contributed by atoms with Crippen LogP contribution >= 0.6 is 0 Å². The number of hydrogen-bond acceptors (Lipinski definition) is 2. The minimum absolute atomic E-state index is 0.0225. The van der Waals surface area contributed by atoms with E-state index in [1.807, 2.05) is 18.2 Å². The quantitative estimate of drug-likeness (QED) is 0.626. The maximum absolute atomic E-state index is 12.3. The summed E-state index contributed by atoms with van der Waals surface area (Å²) < 4.78 is 0. The van der Waals surface area contributed by atoms with Crippen LogP contribution in [0.1, 0.15) is 38.1 Å². The van der Waals surface area contributed by atoms with Crippen LogP contribution in [0.4, 0.5) is 0 Å². The second-order valence-electron chi connectivity index (χ2n) is 6.98. The summed E-state index contributed by atoms with van der Waals surface area (Å²) in [4.78, 5) is 24.2. The van der Waals surface area contributed by atoms with Gasteiger partial charge < -0.3 is 10.6 Å². The fourth-order valence-corrected chi connectivity index (χ4v) is 3.01. The van der Waals surface area contributed by atoms with Gasteiger partial charge in [-0.3, -0.25) is 9.59 Å². The molecule has 1 saturated carbocycles. The molecule has 2 atom stereocenters. The number of hydrogen-bond donors (Lipinski definition) is 2. The summed E-state index contributed by atoms with van der Waals surface area (Å²) >= 11 is 0. The first kappa shape index (κ1) is 17.3. The Labute approximate surface area is 138 Å². The van der Waals surface area contributed by atoms with Crippen LogP contribution in [0.15, 0.2) is 42.0 Å². The molecular weight excluding hydrogens is 288 g/mol. The van der Waals surface area contributed by atoms with E-state index in [0.29, 0.717) is 24.6 Å². The molecule has 23 heavy (non-hydrogen) atoms. The summed E-state index contributed by atoms with van der Waals surface area (Å²) in [7, 11) is 0. The Kier molecular flexibility index (Phi) is 5.24. The molecule has 0 radical (unpaired) electrons. The number of carbonyl (C=O) groups excluding carboxylic acids is 2. The number of nitrogens with one attached hydrogen (secondary N) is 2. The lowest BCUT2D eigenvalue weighted by Crippen LogP contribution is -2.36. The van der Waals surface area contributed by atoms with Gasteiger partial charge in [0.1, 0.15) is 0 Å². The molecule has 0 bridgehead atoms. The zero-order chi connectivity index (χ0) is 17.0. The average Bonchev–Trinajstić information content (AvgIpc) is 3.04. The van der Waals surface area contributed by atoms with Crippen molar-refractivity contribution < 1.29 is 9.59 Å². The third kappa shape index (κ3) is 4.21. The monoisotopic (exact) mass is 314 g/mol. The molecule has 0 aliphatic heterocycles. The fraction of sp³-hybridized carbons (Fsp3) is 0.474. The van der Waals surface area contributed by atoms with E-state index in [9.17, 15) is 9.59 Å². The lowest BCUT2D eigenvalue weighted by Gasteiger charge is -2.08. The van der Waals surface area contributed by atoms with E-state index in [4.69, 9.17) is 0 Å². The van der Waals surface area contributed by atoms with Gasteiger partial charge >= 0.3 is 0 Å². The van der Waals surface area contributed by atoms with Gasteiger partial charge in [-0.25, -0.2) is 0 Å². The van der Waals surface area contributed by atoms with Crippen LogP contribution in [0.3, 0.4) is 0 Å². The molecule has 1 fully saturated rings. The second-order valence-corrected chi connectivity index (χ2v) is 6.98. The van der Waals surface area contributed by atoms with Crippen LogP contribution in [-0.4, -0.2) is 24.9 Å². The first-order valence-corrected chi connectivity index (χ1v) is 8.10. The number of carbonyl (C=O) groups is 2. The number of amides is 2. The second kappa shape index (κ2) is 6.99. The first-order valence-electron chi connectivity index (χ1n) is 8.10. The van der Waals surface area contributed by atoms with Crippen molar-refractivity contribution in [2.75, 3.05) is 13.1 Å². The zero-order valence-corrected chi connectivity index (χ0v) is 14.3. The van der Waals surface area contributed by atoms with Crippen molar-refractivity contribution in [1.29, 1.82) is 0 Å². The van der Waals surface area contributed by atoms with Crippen molar-refractivity contribution in [3.05, 3.63) is 47.5 Å². The third-order valence-corrected chi connectivity index (χ3v) is 4.45. The van der Waals surface area contributed by atoms with E-state index in [1.54, 1.807) is 12.1 Å². The number of benzene rings is 1. The molecule has 2 rings (SSSR count). The molecule has 1 aromatic carbocycles. The molecular formula is C19H26N2O2. The maximum atomic E-state index is 12.3. The van der Waals surface area contributed by atoms with E-state index in [-0.39, 0.29) is 23.1 Å². The highest BCUT2D eigenvalue weighted by Gasteiger charge is 2.60. The van der Waals surface area contributed by atoms with E-state index in [0.717, 1.165) is 0 Å². The summed E-state index contributed by atoms with van der Waals surface area (Å²) in [6.45, 7) is 9.24. The van der Waals surface area contributed by atoms with Crippen molar-refractivity contribution in [3.63, 3.8) is 0 Å². The van der Waals surface area contributed by atoms with Crippen molar-refractivity contribution in [2.24, 2.45) is 17.3 Å². The zero-order valence-electron chi connectivity index (χ0n) is 14.3. The Balaban J connectivity index is 1.74. The highest BCUT2D eigenvalue weighted by molar-refractivity contribution is 5.94. The Morgan fingerprint density at radius 1 is 1.09 bits per heavy atom. The molecule has 0 aromatic heterocycles. The highest BCUT2D eigenvalue weighted by atomic mass is 16.2. The Morgan fingerprint density at radius 3 is 2.30 bits per heavy atom. The fourth-order valence-electron chi connectivity index (χ4n) is 3.01. The minimum Gasteiger partial charge on any atom is -0.354 e. The van der Waals surface area contributed by atoms with Crippen molar-refractivity contribution in [3.8, 4) is 0 Å². The van der Waals surface area contributed by atoms with E-state index in [2.05, 4.69) is 44.4 Å². The van der Waals surface area contributed by atoms with Gasteiger partial charge in [0.05, 0.1) is 5.92 Å². The van der Waals surface area contributed by atoms with E-state index in [1.165, 1.54) is 5.57 Å². The number of rotatable bonds is 6. The smallest absolute Gasteiger partial charge is 0.251 e. The van der Waals surface area contributed by atoms with Crippen LogP contribution in [-0.2, 0) is 4.79 Å². The summed E-state index contributed by atoms with van der Waals surface area (Å²) in [5.74, 6) is 0.300. The lowest BCUT2D eigenvalue weighted by molar-refractivity contribution is -0.123. The molecule has 1 aromatic rings. The Hall–Kier alpha value is -2.10. The van der Waals surface area contributed by atoms with E-state index < -0.39 is 0 Å². The summed E-state index contributed by atoms with van der Waals surface area (Å²) in [6.07, 6.45) is 2.18. The maximum Gasteiger partial charge on any atom is 0.251 e. The predicted octanol–water partition coefficient (Wildman–Crippen LogP) is 2.77. The van der Waals surface area contributed by atoms with Crippen LogP contribution in [0.2, 0.25) is 0 Å². The summed E-state index contributed by atoms with van der Waals surface area (Å²) in [5.41, 5.74) is 1.90. The Bertz CT molecular complexity index is 601. The van der Waals surface area contributed by atoms with Gasteiger partial charge in [-0.05, 0) is 37.3 Å². The van der Waals surface area contributed by atoms with Crippen LogP contribution < -0.4 is 10.6 Å². The number of allylic oxidation sites excluding steroid dienone is 2. The molecule has 4 heteroatoms. The molecule has 2 unspecified atom stereocenters. The summed E-state index contributed by atoms with van der Waals surface area (Å²) in [6, 6.07) is 9.07. The minimum atomic E-state index is -0.117. The molecule has 1 aliphatic rings. The van der Waals surface area contributed by atoms with Gasteiger partial charge in [-0.15, -0.1) is 0 Å². The van der Waals surface area contributed by atoms with Crippen LogP contribution in [0.25, 0.3) is 0 Å². The first-order chi connectivity index (χ1) is 10.8. The molecule has 2 amide bonds. The topological polar surface area (TPSA) is 58.2 Å². The molecule has 0 heterocycles. The molecule has 0 spiro atoms. The van der Waals surface area contributed by atoms with Crippen molar-refractivity contribution in [1.82, 2.24) is 10.6 Å². The van der Waals surface area contributed by atoms with E-state index >= 15 is 0 Å². The van der Waals surface area contributed by atoms with Crippen molar-refractivity contribution >= 4 is 11.8 Å². The molecule has 1 aliphatic carbocycles. The molecule has 124 valence electrons. The van der Waals surface area contributed by atoms with Crippen molar-refractivity contribution in [2.45, 2.75) is 27.7 Å². The SMILES string of the molecule is CC(C)=CC1C(C(=O)NCCNC(=O)c2ccccc2)C1(C)C. The summed E-state index contributed by atoms with van der Waals surface area (Å²) in [5, 5.41) is 5.74. The van der Waals surface area contributed by atoms with Gasteiger partial charge in [-0.2, -0.15) is 0 Å². The highest BCUT2D eigenvalue weighted by Crippen LogP contribution is 2.59. The predicted molar refractivity (Wildman–Crippen MR) is 92.0 cm³/mol. The standard InChI is InChI=1S/C19H26N2O2/c1-13(2)12-15-16(19(15,3)4)18(23)21-11-10-20-17(22)14-8-6-5-7-9-14/h5-9,12,15-16H,10-11H2,1-4H3,(H,20,22)(H,21,23). The van der Waals surface area contributed by atoms with Gasteiger partial charge in [0, 0.05) is 18.7 Å². The molecule has 4 nitrogen and oxygen atoms in total. The molecule has 0 saturated heterocycles. The normalized spacial score (nSPS) is 21.2. The largest absolute Gasteiger partial charge is 0.354 e. The Morgan fingerprint density at radius 2 is 1.70 bits per heavy atom. The van der Waals surface area contributed by atoms with Gasteiger partial charge in [0.15, 0.2) is 0 Å². The lowest BCUT2D eigenvalue weighted by atomic mass is 10.1. The average molecular weight is 314 g/mol. The molecule has 2 N–H and O–H groups in total. The third-order valence-electron chi connectivity index (χ3n) is 4.45. The van der Waals surface area contributed by atoms with Gasteiger partial charge in [-0.1, -0.05) is 43.7 Å². The van der Waals surface area contributed by atoms with Crippen LogP contribution in [0.5, 0.6) is 0 Å².